The Morgan fingerprint density at radius 1 is 0.750 bits per heavy atom. The Morgan fingerprint density at radius 2 is 1.20 bits per heavy atom. The Balaban J connectivity index is 1.33. The summed E-state index contributed by atoms with van der Waals surface area (Å²) in [6.07, 6.45) is 5.67. The predicted molar refractivity (Wildman–Crippen MR) is 155 cm³/mol. The SMILES string of the molecule is O=C(O[C@H]1CC[C@](O)(c2cn(C(c3ccccc3)(c3ccccc3)c3ccccc3)cn2)CC1)c1ccccc1. The summed E-state index contributed by atoms with van der Waals surface area (Å²) in [7, 11) is 0. The van der Waals surface area contributed by atoms with Crippen LogP contribution in [0.25, 0.3) is 0 Å². The third-order valence-electron chi connectivity index (χ3n) is 8.06. The first-order chi connectivity index (χ1) is 19.6. The van der Waals surface area contributed by atoms with Gasteiger partial charge in [-0.3, -0.25) is 0 Å². The number of hydrogen-bond acceptors (Lipinski definition) is 4. The molecule has 0 amide bonds. The molecule has 40 heavy (non-hydrogen) atoms. The van der Waals surface area contributed by atoms with Crippen LogP contribution in [0.4, 0.5) is 0 Å². The van der Waals surface area contributed by atoms with Gasteiger partial charge in [0.1, 0.15) is 17.2 Å². The number of imidazole rings is 1. The van der Waals surface area contributed by atoms with Crippen molar-refractivity contribution < 1.29 is 14.6 Å². The summed E-state index contributed by atoms with van der Waals surface area (Å²) in [5.74, 6) is -0.321. The van der Waals surface area contributed by atoms with Crippen molar-refractivity contribution in [2.24, 2.45) is 0 Å². The maximum Gasteiger partial charge on any atom is 0.338 e. The monoisotopic (exact) mass is 528 g/mol. The molecule has 5 heteroatoms. The van der Waals surface area contributed by atoms with Gasteiger partial charge < -0.3 is 14.4 Å². The second kappa shape index (κ2) is 10.9. The van der Waals surface area contributed by atoms with Crippen molar-refractivity contribution in [2.75, 3.05) is 0 Å². The molecule has 1 fully saturated rings. The molecule has 5 aromatic rings. The van der Waals surface area contributed by atoms with Gasteiger partial charge in [0.05, 0.1) is 17.6 Å². The molecule has 4 aromatic carbocycles. The van der Waals surface area contributed by atoms with Crippen LogP contribution in [0, 0.1) is 0 Å². The van der Waals surface area contributed by atoms with Crippen molar-refractivity contribution in [2.45, 2.75) is 42.9 Å². The summed E-state index contributed by atoms with van der Waals surface area (Å²) in [4.78, 5) is 17.4. The van der Waals surface area contributed by atoms with Gasteiger partial charge in [0.2, 0.25) is 0 Å². The fourth-order valence-electron chi connectivity index (χ4n) is 5.97. The molecule has 1 aliphatic rings. The van der Waals surface area contributed by atoms with E-state index in [-0.39, 0.29) is 12.1 Å². The van der Waals surface area contributed by atoms with Gasteiger partial charge in [-0.1, -0.05) is 109 Å². The van der Waals surface area contributed by atoms with E-state index >= 15 is 0 Å². The number of esters is 1. The molecule has 0 spiro atoms. The van der Waals surface area contributed by atoms with Gasteiger partial charge in [0.25, 0.3) is 0 Å². The van der Waals surface area contributed by atoms with Crippen molar-refractivity contribution in [3.05, 3.63) is 162 Å². The fourth-order valence-corrected chi connectivity index (χ4v) is 5.97. The summed E-state index contributed by atoms with van der Waals surface area (Å²) < 4.78 is 7.89. The lowest BCUT2D eigenvalue weighted by Crippen LogP contribution is -2.38. The third kappa shape index (κ3) is 4.74. The average Bonchev–Trinajstić information content (AvgIpc) is 3.53. The van der Waals surface area contributed by atoms with Crippen molar-refractivity contribution in [3.63, 3.8) is 0 Å². The van der Waals surface area contributed by atoms with Crippen LogP contribution in [-0.2, 0) is 15.9 Å². The number of nitrogens with zero attached hydrogens (tertiary/aromatic N) is 2. The molecule has 0 aliphatic heterocycles. The first-order valence-corrected chi connectivity index (χ1v) is 13.8. The zero-order valence-electron chi connectivity index (χ0n) is 22.3. The van der Waals surface area contributed by atoms with Crippen LogP contribution in [0.1, 0.15) is 58.4 Å². The summed E-state index contributed by atoms with van der Waals surface area (Å²) in [6.45, 7) is 0. The van der Waals surface area contributed by atoms with E-state index in [0.717, 1.165) is 16.7 Å². The van der Waals surface area contributed by atoms with Crippen molar-refractivity contribution >= 4 is 5.97 Å². The third-order valence-corrected chi connectivity index (χ3v) is 8.06. The molecule has 0 bridgehead atoms. The molecular weight excluding hydrogens is 496 g/mol. The number of benzene rings is 4. The molecule has 6 rings (SSSR count). The molecule has 1 heterocycles. The molecule has 1 aliphatic carbocycles. The predicted octanol–water partition coefficient (Wildman–Crippen LogP) is 6.71. The summed E-state index contributed by atoms with van der Waals surface area (Å²) in [5.41, 5.74) is 2.68. The Labute approximate surface area is 234 Å². The second-order valence-electron chi connectivity index (χ2n) is 10.5. The molecule has 200 valence electrons. The minimum Gasteiger partial charge on any atom is -0.459 e. The van der Waals surface area contributed by atoms with E-state index in [1.807, 2.05) is 48.9 Å². The van der Waals surface area contributed by atoms with E-state index in [4.69, 9.17) is 9.72 Å². The average molecular weight is 529 g/mol. The first kappa shape index (κ1) is 25.8. The normalized spacial score (nSPS) is 19.2. The largest absolute Gasteiger partial charge is 0.459 e. The maximum absolute atomic E-state index is 12.6. The van der Waals surface area contributed by atoms with Gasteiger partial charge >= 0.3 is 5.97 Å². The van der Waals surface area contributed by atoms with E-state index in [1.165, 1.54) is 0 Å². The zero-order valence-corrected chi connectivity index (χ0v) is 22.3. The molecule has 0 saturated heterocycles. The molecule has 1 saturated carbocycles. The van der Waals surface area contributed by atoms with Crippen LogP contribution in [0.15, 0.2) is 134 Å². The fraction of sp³-hybridized carbons (Fsp3) is 0.200. The maximum atomic E-state index is 12.6. The van der Waals surface area contributed by atoms with E-state index in [9.17, 15) is 9.90 Å². The summed E-state index contributed by atoms with van der Waals surface area (Å²) >= 11 is 0. The number of hydrogen-bond donors (Lipinski definition) is 1. The zero-order chi connectivity index (χ0) is 27.4. The number of carbonyl (C=O) groups is 1. The standard InChI is InChI=1S/C35H32N2O3/c38-33(27-13-5-1-6-14-27)40-31-21-23-34(39,24-22-31)32-25-37(26-36-32)35(28-15-7-2-8-16-28,29-17-9-3-10-18-29)30-19-11-4-12-20-30/h1-20,25-26,31,39H,21-24H2/t31-,34+. The summed E-state index contributed by atoms with van der Waals surface area (Å²) in [6, 6.07) is 40.3. The highest BCUT2D eigenvalue weighted by Gasteiger charge is 2.42. The van der Waals surface area contributed by atoms with E-state index in [0.29, 0.717) is 36.9 Å². The Bertz CT molecular complexity index is 1450. The highest BCUT2D eigenvalue weighted by molar-refractivity contribution is 5.89. The summed E-state index contributed by atoms with van der Waals surface area (Å²) in [5, 5.41) is 11.8. The number of ether oxygens (including phenoxy) is 1. The lowest BCUT2D eigenvalue weighted by Gasteiger charge is -2.38. The lowest BCUT2D eigenvalue weighted by molar-refractivity contribution is -0.0486. The van der Waals surface area contributed by atoms with Gasteiger partial charge in [0, 0.05) is 6.20 Å². The van der Waals surface area contributed by atoms with E-state index in [1.54, 1.807) is 12.1 Å². The minimum atomic E-state index is -1.10. The molecule has 0 atom stereocenters. The van der Waals surface area contributed by atoms with E-state index in [2.05, 4.69) is 77.4 Å². The van der Waals surface area contributed by atoms with Gasteiger partial charge in [-0.2, -0.15) is 0 Å². The number of aromatic nitrogens is 2. The topological polar surface area (TPSA) is 64.3 Å². The molecular formula is C35H32N2O3. The van der Waals surface area contributed by atoms with Gasteiger partial charge in [-0.15, -0.1) is 0 Å². The molecule has 1 aromatic heterocycles. The van der Waals surface area contributed by atoms with Crippen LogP contribution in [0.5, 0.6) is 0 Å². The number of carbonyl (C=O) groups excluding carboxylic acids is 1. The number of rotatable bonds is 7. The molecule has 5 nitrogen and oxygen atoms in total. The minimum absolute atomic E-state index is 0.230. The lowest BCUT2D eigenvalue weighted by atomic mass is 9.76. The second-order valence-corrected chi connectivity index (χ2v) is 10.5. The van der Waals surface area contributed by atoms with E-state index < -0.39 is 11.1 Å². The van der Waals surface area contributed by atoms with Gasteiger partial charge in [-0.25, -0.2) is 9.78 Å². The number of aliphatic hydroxyl groups is 1. The van der Waals surface area contributed by atoms with Crippen LogP contribution >= 0.6 is 0 Å². The smallest absolute Gasteiger partial charge is 0.338 e. The highest BCUT2D eigenvalue weighted by Crippen LogP contribution is 2.43. The van der Waals surface area contributed by atoms with Gasteiger partial charge in [0.15, 0.2) is 0 Å². The van der Waals surface area contributed by atoms with Crippen LogP contribution < -0.4 is 0 Å². The van der Waals surface area contributed by atoms with Crippen LogP contribution in [0.3, 0.4) is 0 Å². The molecule has 0 radical (unpaired) electrons. The first-order valence-electron chi connectivity index (χ1n) is 13.8. The van der Waals surface area contributed by atoms with Crippen molar-refractivity contribution in [1.82, 2.24) is 9.55 Å². The van der Waals surface area contributed by atoms with Crippen molar-refractivity contribution in [3.8, 4) is 0 Å². The van der Waals surface area contributed by atoms with Crippen LogP contribution in [0.2, 0.25) is 0 Å². The quantitative estimate of drug-likeness (QED) is 0.188. The Morgan fingerprint density at radius 3 is 1.68 bits per heavy atom. The molecule has 1 N–H and O–H groups in total. The Hall–Kier alpha value is -4.48. The highest BCUT2D eigenvalue weighted by atomic mass is 16.5. The van der Waals surface area contributed by atoms with Crippen LogP contribution in [-0.4, -0.2) is 26.7 Å². The molecule has 0 unspecified atom stereocenters. The van der Waals surface area contributed by atoms with Gasteiger partial charge in [-0.05, 0) is 54.5 Å². The van der Waals surface area contributed by atoms with Crippen molar-refractivity contribution in [1.29, 1.82) is 0 Å². The Kier molecular flexibility index (Phi) is 7.06.